The zero-order valence-corrected chi connectivity index (χ0v) is 31.1. The van der Waals surface area contributed by atoms with Crippen LogP contribution < -0.4 is 0 Å². The molecule has 7 heteroatoms. The van der Waals surface area contributed by atoms with Gasteiger partial charge >= 0.3 is 244 Å². The molecule has 0 aromatic carbocycles. The van der Waals surface area contributed by atoms with Crippen LogP contribution >= 0.6 is 0 Å². The van der Waals surface area contributed by atoms with Gasteiger partial charge in [-0.2, -0.15) is 0 Å². The number of hydrogen-bond donors (Lipinski definition) is 0. The molecule has 0 amide bonds. The van der Waals surface area contributed by atoms with Crippen molar-refractivity contribution in [3.63, 3.8) is 0 Å². The third-order valence-electron chi connectivity index (χ3n) is 7.56. The van der Waals surface area contributed by atoms with Gasteiger partial charge in [0, 0.05) is 0 Å². The first-order valence-electron chi connectivity index (χ1n) is 16.6. The Morgan fingerprint density at radius 3 is 0.811 bits per heavy atom. The van der Waals surface area contributed by atoms with E-state index in [9.17, 15) is 0 Å². The maximum absolute atomic E-state index is 7.65. The molecule has 0 saturated heterocycles. The van der Waals surface area contributed by atoms with Crippen molar-refractivity contribution in [3.05, 3.63) is 0 Å². The number of unbranched alkanes of at least 4 members (excludes halogenated alkanes) is 6. The van der Waals surface area contributed by atoms with E-state index in [0.717, 1.165) is 12.8 Å². The van der Waals surface area contributed by atoms with E-state index in [1.54, 1.807) is 0 Å². The zero-order chi connectivity index (χ0) is 27.9. The minimum absolute atomic E-state index is 0.708. The first kappa shape index (κ1) is 38.2. The average molecular weight is 640 g/mol. The van der Waals surface area contributed by atoms with Gasteiger partial charge in [-0.25, -0.2) is 0 Å². The van der Waals surface area contributed by atoms with E-state index in [1.165, 1.54) is 113 Å². The van der Waals surface area contributed by atoms with Crippen molar-refractivity contribution in [1.29, 1.82) is 0 Å². The summed E-state index contributed by atoms with van der Waals surface area (Å²) in [4.78, 5) is 0. The van der Waals surface area contributed by atoms with Gasteiger partial charge in [0.15, 0.2) is 0 Å². The molecule has 0 fully saturated rings. The molecule has 0 aliphatic carbocycles. The summed E-state index contributed by atoms with van der Waals surface area (Å²) >= 11 is -4.30. The van der Waals surface area contributed by atoms with Crippen molar-refractivity contribution < 1.29 is 32.7 Å². The Labute approximate surface area is 242 Å². The summed E-state index contributed by atoms with van der Waals surface area (Å²) < 4.78 is 29.1. The first-order chi connectivity index (χ1) is 17.9. The van der Waals surface area contributed by atoms with E-state index in [-0.39, 0.29) is 0 Å². The second-order valence-corrected chi connectivity index (χ2v) is 26.4. The van der Waals surface area contributed by atoms with Crippen LogP contribution in [0, 0.1) is 0 Å². The van der Waals surface area contributed by atoms with Crippen molar-refractivity contribution in [2.24, 2.45) is 0 Å². The van der Waals surface area contributed by atoms with E-state index in [0.29, 0.717) is 13.2 Å². The van der Waals surface area contributed by atoms with Crippen LogP contribution in [0.15, 0.2) is 0 Å². The van der Waals surface area contributed by atoms with E-state index in [1.807, 2.05) is 0 Å². The van der Waals surface area contributed by atoms with Crippen LogP contribution in [0.4, 0.5) is 0 Å². The third-order valence-corrected chi connectivity index (χ3v) is 29.3. The van der Waals surface area contributed by atoms with Crippen LogP contribution in [-0.4, -0.2) is 29.8 Å². The molecule has 0 rings (SSSR count). The molecular weight excluding hydrogens is 572 g/mol. The van der Waals surface area contributed by atoms with Crippen LogP contribution in [0.2, 0.25) is 36.3 Å². The molecule has 0 spiro atoms. The van der Waals surface area contributed by atoms with Crippen LogP contribution in [0.5, 0.6) is 0 Å². The van der Waals surface area contributed by atoms with Crippen molar-refractivity contribution in [3.8, 4) is 0 Å². The van der Waals surface area contributed by atoms with Crippen LogP contribution in [0.1, 0.15) is 145 Å². The Hall–Kier alpha value is 1.16. The molecule has 0 aliphatic rings. The van der Waals surface area contributed by atoms with Crippen LogP contribution in [0.25, 0.3) is 0 Å². The summed E-state index contributed by atoms with van der Waals surface area (Å²) in [5.74, 6) is 0. The number of hydrogen-bond acceptors (Lipinski definition) is 4. The van der Waals surface area contributed by atoms with Crippen LogP contribution in [0.3, 0.4) is 0 Å². The Morgan fingerprint density at radius 2 is 0.622 bits per heavy atom. The van der Waals surface area contributed by atoms with Gasteiger partial charge in [0.1, 0.15) is 0 Å². The van der Waals surface area contributed by atoms with Gasteiger partial charge < -0.3 is 0 Å². The first-order valence-corrected chi connectivity index (χ1v) is 25.7. The summed E-state index contributed by atoms with van der Waals surface area (Å²) in [7, 11) is -4.09. The second kappa shape index (κ2) is 23.8. The molecule has 0 aromatic heterocycles. The second-order valence-electron chi connectivity index (χ2n) is 11.4. The van der Waals surface area contributed by atoms with Gasteiger partial charge in [-0.15, -0.1) is 0 Å². The van der Waals surface area contributed by atoms with Crippen molar-refractivity contribution in [2.75, 3.05) is 13.2 Å². The predicted octanol–water partition coefficient (Wildman–Crippen LogP) is 11.4. The molecule has 0 saturated carbocycles. The van der Waals surface area contributed by atoms with Crippen LogP contribution in [-0.2, 0) is 32.7 Å². The Kier molecular flexibility index (Phi) is 24.6. The molecule has 0 radical (unpaired) electrons. The quantitative estimate of drug-likeness (QED) is 0.0798. The third kappa shape index (κ3) is 16.3. The summed E-state index contributed by atoms with van der Waals surface area (Å²) in [6.07, 6.45) is 16.9. The monoisotopic (exact) mass is 638 g/mol. The fraction of sp³-hybridized carbons (Fsp3) is 1.00. The molecule has 37 heavy (non-hydrogen) atoms. The average Bonchev–Trinajstić information content (AvgIpc) is 2.92. The van der Waals surface area contributed by atoms with E-state index in [2.05, 4.69) is 55.4 Å². The van der Waals surface area contributed by atoms with E-state index >= 15 is 0 Å². The standard InChI is InChI=1S/2C12H27OSi.2C3H7O.Zr/c2*1-4-7-10-14(13,11-8-5-2)12-9-6-3;2*1-2-3-4;/h2*4-12H2,1-3H3;2*2-3H2,1H3;/q4*-1;+4. The van der Waals surface area contributed by atoms with Crippen molar-refractivity contribution in [2.45, 2.75) is 182 Å². The van der Waals surface area contributed by atoms with E-state index in [4.69, 9.17) is 10.6 Å². The van der Waals surface area contributed by atoms with Gasteiger partial charge in [0.05, 0.1) is 0 Å². The normalized spacial score (nSPS) is 13.0. The molecule has 0 atom stereocenters. The predicted molar refractivity (Wildman–Crippen MR) is 164 cm³/mol. The van der Waals surface area contributed by atoms with Crippen molar-refractivity contribution >= 4 is 16.6 Å². The topological polar surface area (TPSA) is 36.9 Å². The SMILES string of the molecule is CCCC[Si](CCCC)(CCCC)[O][Zr]([O]CCC)([O]CCC)[O][Si](CCCC)(CCCC)CCCC. The fourth-order valence-electron chi connectivity index (χ4n) is 5.21. The summed E-state index contributed by atoms with van der Waals surface area (Å²) in [5.41, 5.74) is 0. The Balaban J connectivity index is 6.67. The molecule has 0 bridgehead atoms. The minimum atomic E-state index is -4.30. The summed E-state index contributed by atoms with van der Waals surface area (Å²) in [5, 5.41) is 0. The number of rotatable bonds is 28. The van der Waals surface area contributed by atoms with E-state index < -0.39 is 38.7 Å². The van der Waals surface area contributed by atoms with Gasteiger partial charge in [0.2, 0.25) is 0 Å². The molecular formula is C30H68O4Si2Zr. The molecule has 4 nitrogen and oxygen atoms in total. The van der Waals surface area contributed by atoms with Crippen molar-refractivity contribution in [1.82, 2.24) is 0 Å². The fourth-order valence-corrected chi connectivity index (χ4v) is 32.2. The van der Waals surface area contributed by atoms with Gasteiger partial charge in [-0.05, 0) is 0 Å². The van der Waals surface area contributed by atoms with Gasteiger partial charge in [0.25, 0.3) is 0 Å². The molecule has 0 heterocycles. The Morgan fingerprint density at radius 1 is 0.378 bits per heavy atom. The van der Waals surface area contributed by atoms with Gasteiger partial charge in [-0.3, -0.25) is 0 Å². The molecule has 224 valence electrons. The summed E-state index contributed by atoms with van der Waals surface area (Å²) in [6.45, 7) is 19.8. The zero-order valence-electron chi connectivity index (χ0n) is 26.7. The molecule has 0 aromatic rings. The summed E-state index contributed by atoms with van der Waals surface area (Å²) in [6, 6.07) is 7.44. The molecule has 0 aliphatic heterocycles. The van der Waals surface area contributed by atoms with Gasteiger partial charge in [-0.1, -0.05) is 0 Å². The molecule has 0 N–H and O–H groups in total. The molecule has 0 unspecified atom stereocenters. The Bertz CT molecular complexity index is 422. The maximum atomic E-state index is 7.65.